The highest BCUT2D eigenvalue weighted by molar-refractivity contribution is 5.83. The zero-order chi connectivity index (χ0) is 12.5. The van der Waals surface area contributed by atoms with Crippen LogP contribution in [0.25, 0.3) is 0 Å². The third-order valence-electron chi connectivity index (χ3n) is 3.42. The highest BCUT2D eigenvalue weighted by Gasteiger charge is 2.37. The average molecular weight is 246 g/mol. The largest absolute Gasteiger partial charge is 0.355 e. The molecule has 1 N–H and O–H groups in total. The number of amides is 2. The van der Waals surface area contributed by atoms with E-state index in [1.54, 1.807) is 0 Å². The Morgan fingerprint density at radius 1 is 1.35 bits per heavy atom. The van der Waals surface area contributed by atoms with Crippen molar-refractivity contribution in [2.75, 3.05) is 19.6 Å². The van der Waals surface area contributed by atoms with Crippen LogP contribution < -0.4 is 5.32 Å². The first-order chi connectivity index (χ1) is 7.98. The maximum absolute atomic E-state index is 12.9. The minimum Gasteiger partial charge on any atom is -0.355 e. The fourth-order valence-electron chi connectivity index (χ4n) is 2.26. The molecule has 96 valence electrons. The van der Waals surface area contributed by atoms with E-state index in [0.717, 1.165) is 0 Å². The molecular weight excluding hydrogens is 230 g/mol. The smallest absolute Gasteiger partial charge is 0.251 e. The Kier molecular flexibility index (Phi) is 3.31. The van der Waals surface area contributed by atoms with Gasteiger partial charge in [-0.25, -0.2) is 8.78 Å². The Morgan fingerprint density at radius 2 is 2.00 bits per heavy atom. The number of nitrogens with one attached hydrogen (secondary N) is 1. The third kappa shape index (κ3) is 2.92. The number of hydrogen-bond acceptors (Lipinski definition) is 2. The van der Waals surface area contributed by atoms with Gasteiger partial charge in [-0.15, -0.1) is 0 Å². The molecule has 0 aromatic heterocycles. The number of carbonyl (C=O) groups excluding carboxylic acids is 2. The summed E-state index contributed by atoms with van der Waals surface area (Å²) in [6.07, 6.45) is 0.369. The van der Waals surface area contributed by atoms with E-state index < -0.39 is 5.92 Å². The first kappa shape index (κ1) is 12.3. The van der Waals surface area contributed by atoms with Crippen LogP contribution in [-0.4, -0.2) is 42.3 Å². The molecule has 0 aliphatic carbocycles. The van der Waals surface area contributed by atoms with Gasteiger partial charge in [-0.05, 0) is 6.42 Å². The second-order valence-electron chi connectivity index (χ2n) is 4.72. The molecule has 0 spiro atoms. The Balaban J connectivity index is 1.86. The van der Waals surface area contributed by atoms with Gasteiger partial charge in [0.2, 0.25) is 11.8 Å². The van der Waals surface area contributed by atoms with Crippen molar-refractivity contribution < 1.29 is 18.4 Å². The van der Waals surface area contributed by atoms with Crippen molar-refractivity contribution in [2.24, 2.45) is 5.92 Å². The van der Waals surface area contributed by atoms with Crippen LogP contribution in [0.1, 0.15) is 25.7 Å². The highest BCUT2D eigenvalue weighted by Crippen LogP contribution is 2.28. The summed E-state index contributed by atoms with van der Waals surface area (Å²) in [4.78, 5) is 24.5. The summed E-state index contributed by atoms with van der Waals surface area (Å²) >= 11 is 0. The lowest BCUT2D eigenvalue weighted by atomic mass is 9.96. The summed E-state index contributed by atoms with van der Waals surface area (Å²) in [5, 5.41) is 2.63. The molecule has 0 aromatic carbocycles. The van der Waals surface area contributed by atoms with Gasteiger partial charge in [0.15, 0.2) is 0 Å². The second kappa shape index (κ2) is 4.58. The zero-order valence-corrected chi connectivity index (χ0v) is 9.55. The third-order valence-corrected chi connectivity index (χ3v) is 3.42. The van der Waals surface area contributed by atoms with Crippen LogP contribution in [0.5, 0.6) is 0 Å². The van der Waals surface area contributed by atoms with Crippen molar-refractivity contribution in [3.05, 3.63) is 0 Å². The van der Waals surface area contributed by atoms with Crippen molar-refractivity contribution in [3.8, 4) is 0 Å². The molecule has 1 atom stereocenters. The summed E-state index contributed by atoms with van der Waals surface area (Å²) in [6.45, 7) is 0.580. The zero-order valence-electron chi connectivity index (χ0n) is 9.55. The van der Waals surface area contributed by atoms with Gasteiger partial charge < -0.3 is 10.2 Å². The van der Waals surface area contributed by atoms with E-state index in [-0.39, 0.29) is 43.7 Å². The van der Waals surface area contributed by atoms with Crippen LogP contribution in [0.3, 0.4) is 0 Å². The van der Waals surface area contributed by atoms with Crippen molar-refractivity contribution in [1.29, 1.82) is 0 Å². The number of rotatable bonds is 1. The monoisotopic (exact) mass is 246 g/mol. The van der Waals surface area contributed by atoms with Crippen molar-refractivity contribution >= 4 is 11.8 Å². The van der Waals surface area contributed by atoms with Gasteiger partial charge in [0.25, 0.3) is 5.92 Å². The normalized spacial score (nSPS) is 28.7. The lowest BCUT2D eigenvalue weighted by Crippen LogP contribution is -2.49. The molecule has 2 aliphatic heterocycles. The fraction of sp³-hybridized carbons (Fsp3) is 0.818. The number of alkyl halides is 2. The predicted octanol–water partition coefficient (Wildman–Crippen LogP) is 0.770. The molecule has 0 unspecified atom stereocenters. The molecule has 2 saturated heterocycles. The maximum atomic E-state index is 12.9. The summed E-state index contributed by atoms with van der Waals surface area (Å²) in [5.41, 5.74) is 0. The van der Waals surface area contributed by atoms with E-state index in [9.17, 15) is 18.4 Å². The molecule has 0 aromatic rings. The molecular formula is C11H16F2N2O2. The standard InChI is InChI=1S/C11H16F2N2O2/c12-11(13)3-5-15(6-4-11)10(17)8-1-2-9(16)14-7-8/h8H,1-7H2,(H,14,16)/t8-/m0/s1. The predicted molar refractivity (Wildman–Crippen MR) is 56.5 cm³/mol. The molecule has 2 aliphatic rings. The van der Waals surface area contributed by atoms with Gasteiger partial charge in [-0.1, -0.05) is 0 Å². The second-order valence-corrected chi connectivity index (χ2v) is 4.72. The maximum Gasteiger partial charge on any atom is 0.251 e. The van der Waals surface area contributed by atoms with E-state index in [1.807, 2.05) is 0 Å². The van der Waals surface area contributed by atoms with Gasteiger partial charge in [0, 0.05) is 38.9 Å². The van der Waals surface area contributed by atoms with Gasteiger partial charge in [-0.3, -0.25) is 9.59 Å². The molecule has 2 fully saturated rings. The summed E-state index contributed by atoms with van der Waals surface area (Å²) in [6, 6.07) is 0. The van der Waals surface area contributed by atoms with E-state index in [2.05, 4.69) is 5.32 Å². The van der Waals surface area contributed by atoms with Crippen LogP contribution in [0.2, 0.25) is 0 Å². The number of hydrogen-bond donors (Lipinski definition) is 1. The Morgan fingerprint density at radius 3 is 2.53 bits per heavy atom. The van der Waals surface area contributed by atoms with Crippen molar-refractivity contribution in [3.63, 3.8) is 0 Å². The quantitative estimate of drug-likeness (QED) is 0.743. The Bertz CT molecular complexity index is 313. The summed E-state index contributed by atoms with van der Waals surface area (Å²) < 4.78 is 25.9. The van der Waals surface area contributed by atoms with Crippen LogP contribution in [0.15, 0.2) is 0 Å². The fourth-order valence-corrected chi connectivity index (χ4v) is 2.26. The molecule has 0 saturated carbocycles. The number of carbonyl (C=O) groups is 2. The number of likely N-dealkylation sites (tertiary alicyclic amines) is 1. The molecule has 2 rings (SSSR count). The minimum atomic E-state index is -2.63. The molecule has 6 heteroatoms. The van der Waals surface area contributed by atoms with Crippen LogP contribution >= 0.6 is 0 Å². The van der Waals surface area contributed by atoms with E-state index >= 15 is 0 Å². The summed E-state index contributed by atoms with van der Waals surface area (Å²) in [5.74, 6) is -3.00. The first-order valence-corrected chi connectivity index (χ1v) is 5.91. The van der Waals surface area contributed by atoms with E-state index in [1.165, 1.54) is 4.90 Å². The Hall–Kier alpha value is -1.20. The highest BCUT2D eigenvalue weighted by atomic mass is 19.3. The first-order valence-electron chi connectivity index (χ1n) is 5.91. The van der Waals surface area contributed by atoms with Gasteiger partial charge in [0.05, 0.1) is 5.92 Å². The molecule has 0 bridgehead atoms. The van der Waals surface area contributed by atoms with Crippen LogP contribution in [-0.2, 0) is 9.59 Å². The van der Waals surface area contributed by atoms with Crippen molar-refractivity contribution in [1.82, 2.24) is 10.2 Å². The lowest BCUT2D eigenvalue weighted by molar-refractivity contribution is -0.142. The molecule has 0 radical (unpaired) electrons. The molecule has 2 heterocycles. The van der Waals surface area contributed by atoms with Gasteiger partial charge in [0.1, 0.15) is 0 Å². The van der Waals surface area contributed by atoms with Crippen LogP contribution in [0, 0.1) is 5.92 Å². The van der Waals surface area contributed by atoms with Gasteiger partial charge in [-0.2, -0.15) is 0 Å². The SMILES string of the molecule is O=C1CC[C@H](C(=O)N2CCC(F)(F)CC2)CN1. The average Bonchev–Trinajstić information content (AvgIpc) is 2.29. The molecule has 2 amide bonds. The van der Waals surface area contributed by atoms with E-state index in [4.69, 9.17) is 0 Å². The number of halogens is 2. The summed E-state index contributed by atoms with van der Waals surface area (Å²) in [7, 11) is 0. The number of nitrogens with zero attached hydrogens (tertiary/aromatic N) is 1. The number of piperidine rings is 2. The van der Waals surface area contributed by atoms with Crippen molar-refractivity contribution in [2.45, 2.75) is 31.6 Å². The molecule has 17 heavy (non-hydrogen) atoms. The van der Waals surface area contributed by atoms with E-state index in [0.29, 0.717) is 19.4 Å². The topological polar surface area (TPSA) is 49.4 Å². The van der Waals surface area contributed by atoms with Crippen LogP contribution in [0.4, 0.5) is 8.78 Å². The molecule has 4 nitrogen and oxygen atoms in total. The Labute approximate surface area is 98.3 Å². The van der Waals surface area contributed by atoms with Gasteiger partial charge >= 0.3 is 0 Å². The lowest BCUT2D eigenvalue weighted by Gasteiger charge is -2.35. The minimum absolute atomic E-state index is 0.0424.